The molecule has 4 rings (SSSR count). The van der Waals surface area contributed by atoms with E-state index in [9.17, 15) is 14.4 Å². The number of rotatable bonds is 6. The number of nitrogens with zero attached hydrogens (tertiary/aromatic N) is 2. The smallest absolute Gasteiger partial charge is 0.258 e. The Morgan fingerprint density at radius 1 is 1.15 bits per heavy atom. The monoisotopic (exact) mass is 461 g/mol. The summed E-state index contributed by atoms with van der Waals surface area (Å²) in [6.07, 6.45) is 0.536. The number of aryl methyl sites for hydroxylation is 2. The highest BCUT2D eigenvalue weighted by atomic mass is 19.1. The van der Waals surface area contributed by atoms with Crippen LogP contribution in [0.25, 0.3) is 0 Å². The lowest BCUT2D eigenvalue weighted by Gasteiger charge is -2.27. The number of nitriles is 1. The van der Waals surface area contributed by atoms with Gasteiger partial charge >= 0.3 is 0 Å². The number of hydrogen-bond donors (Lipinski definition) is 1. The second kappa shape index (κ2) is 9.32. The number of methoxy groups -OCH3 is 2. The van der Waals surface area contributed by atoms with Crippen molar-refractivity contribution in [2.75, 3.05) is 14.2 Å². The van der Waals surface area contributed by atoms with E-state index in [0.717, 1.165) is 5.56 Å². The van der Waals surface area contributed by atoms with E-state index in [-0.39, 0.29) is 33.9 Å². The number of hydrogen-bond acceptors (Lipinski definition) is 6. The molecule has 0 bridgehead atoms. The second-order valence-electron chi connectivity index (χ2n) is 7.91. The molecule has 1 aliphatic rings. The van der Waals surface area contributed by atoms with Gasteiger partial charge in [-0.3, -0.25) is 4.79 Å². The van der Waals surface area contributed by atoms with E-state index in [1.54, 1.807) is 50.0 Å². The lowest BCUT2D eigenvalue weighted by atomic mass is 9.83. The molecule has 0 saturated carbocycles. The van der Waals surface area contributed by atoms with E-state index in [1.165, 1.54) is 6.07 Å². The van der Waals surface area contributed by atoms with Crippen LogP contribution in [-0.2, 0) is 13.0 Å². The van der Waals surface area contributed by atoms with E-state index in [0.29, 0.717) is 30.2 Å². The molecule has 3 aromatic rings. The molecule has 1 unspecified atom stereocenters. The number of fused-ring (bicyclic) bond motifs is 1. The molecule has 0 saturated heterocycles. The summed E-state index contributed by atoms with van der Waals surface area (Å²) < 4.78 is 32.7. The summed E-state index contributed by atoms with van der Waals surface area (Å²) in [4.78, 5) is 13.7. The highest BCUT2D eigenvalue weighted by molar-refractivity contribution is 5.55. The molecule has 34 heavy (non-hydrogen) atoms. The van der Waals surface area contributed by atoms with Crippen molar-refractivity contribution in [1.29, 1.82) is 5.26 Å². The fourth-order valence-electron chi connectivity index (χ4n) is 4.26. The van der Waals surface area contributed by atoms with Gasteiger partial charge < -0.3 is 24.5 Å². The number of nitrogens with two attached hydrogens (primary N) is 1. The van der Waals surface area contributed by atoms with Crippen molar-refractivity contribution in [3.05, 3.63) is 98.5 Å². The third-order valence-corrected chi connectivity index (χ3v) is 5.98. The van der Waals surface area contributed by atoms with Gasteiger partial charge in [-0.25, -0.2) is 4.39 Å². The topological polar surface area (TPSA) is 99.5 Å². The number of benzene rings is 2. The van der Waals surface area contributed by atoms with Gasteiger partial charge in [0.25, 0.3) is 5.56 Å². The average Bonchev–Trinajstić information content (AvgIpc) is 2.83. The van der Waals surface area contributed by atoms with Crippen LogP contribution in [0.1, 0.15) is 28.3 Å². The highest BCUT2D eigenvalue weighted by Crippen LogP contribution is 2.41. The molecule has 7 nitrogen and oxygen atoms in total. The Kier molecular flexibility index (Phi) is 6.28. The molecule has 8 heteroatoms. The molecule has 0 aliphatic carbocycles. The SMILES string of the molecule is COc1ccc(CCn2c(C)cc3c(c2=O)C(c2ccccc2F)C(C#N)=C(N)O3)cc1OC. The molecule has 2 heterocycles. The Bertz CT molecular complexity index is 1390. The minimum absolute atomic E-state index is 0.00462. The molecule has 1 aliphatic heterocycles. The summed E-state index contributed by atoms with van der Waals surface area (Å²) in [5.74, 6) is -0.179. The fraction of sp³-hybridized carbons (Fsp3) is 0.231. The van der Waals surface area contributed by atoms with Crippen LogP contribution in [0.2, 0.25) is 0 Å². The highest BCUT2D eigenvalue weighted by Gasteiger charge is 2.35. The van der Waals surface area contributed by atoms with Gasteiger partial charge in [-0.15, -0.1) is 0 Å². The molecule has 174 valence electrons. The van der Waals surface area contributed by atoms with Crippen LogP contribution in [0.3, 0.4) is 0 Å². The zero-order chi connectivity index (χ0) is 24.4. The van der Waals surface area contributed by atoms with E-state index in [4.69, 9.17) is 19.9 Å². The van der Waals surface area contributed by atoms with Gasteiger partial charge in [0.1, 0.15) is 23.2 Å². The lowest BCUT2D eigenvalue weighted by Crippen LogP contribution is -2.33. The Hall–Kier alpha value is -4.25. The van der Waals surface area contributed by atoms with Crippen molar-refractivity contribution in [1.82, 2.24) is 4.57 Å². The molecule has 0 radical (unpaired) electrons. The summed E-state index contributed by atoms with van der Waals surface area (Å²) in [5.41, 5.74) is 7.62. The van der Waals surface area contributed by atoms with Gasteiger partial charge in [-0.1, -0.05) is 24.3 Å². The molecular weight excluding hydrogens is 437 g/mol. The molecule has 1 aromatic heterocycles. The Balaban J connectivity index is 1.78. The first-order valence-electron chi connectivity index (χ1n) is 10.7. The van der Waals surface area contributed by atoms with Crippen molar-refractivity contribution in [3.8, 4) is 23.3 Å². The van der Waals surface area contributed by atoms with E-state index < -0.39 is 11.7 Å². The van der Waals surface area contributed by atoms with E-state index in [2.05, 4.69) is 0 Å². The zero-order valence-corrected chi connectivity index (χ0v) is 19.1. The van der Waals surface area contributed by atoms with Crippen LogP contribution in [0, 0.1) is 24.1 Å². The molecule has 1 atom stereocenters. The molecule has 2 aromatic carbocycles. The molecule has 0 amide bonds. The summed E-state index contributed by atoms with van der Waals surface area (Å²) in [6.45, 7) is 2.15. The predicted molar refractivity (Wildman–Crippen MR) is 124 cm³/mol. The van der Waals surface area contributed by atoms with Crippen molar-refractivity contribution in [3.63, 3.8) is 0 Å². The molecule has 2 N–H and O–H groups in total. The van der Waals surface area contributed by atoms with Gasteiger partial charge in [-0.05, 0) is 37.1 Å². The van der Waals surface area contributed by atoms with Crippen molar-refractivity contribution < 1.29 is 18.6 Å². The number of pyridine rings is 1. The van der Waals surface area contributed by atoms with Gasteiger partial charge in [0.2, 0.25) is 5.88 Å². The fourth-order valence-corrected chi connectivity index (χ4v) is 4.26. The molecular formula is C26H24FN3O4. The second-order valence-corrected chi connectivity index (χ2v) is 7.91. The quantitative estimate of drug-likeness (QED) is 0.600. The number of ether oxygens (including phenoxy) is 3. The minimum atomic E-state index is -0.963. The standard InChI is InChI=1S/C26H24FN3O4/c1-15-12-22-24(23(18(14-28)25(29)34-22)17-6-4-5-7-19(17)27)26(31)30(15)11-10-16-8-9-20(32-2)21(13-16)33-3/h4-9,12-13,23H,10-11,29H2,1-3H3. The Labute approximate surface area is 196 Å². The number of aromatic nitrogens is 1. The normalized spacial score (nSPS) is 14.7. The van der Waals surface area contributed by atoms with Crippen LogP contribution >= 0.6 is 0 Å². The van der Waals surface area contributed by atoms with E-state index >= 15 is 0 Å². The zero-order valence-electron chi connectivity index (χ0n) is 19.1. The molecule has 0 spiro atoms. The van der Waals surface area contributed by atoms with Crippen LogP contribution in [0.4, 0.5) is 4.39 Å². The van der Waals surface area contributed by atoms with Crippen LogP contribution in [0.15, 0.2) is 64.8 Å². The van der Waals surface area contributed by atoms with Crippen LogP contribution in [-0.4, -0.2) is 18.8 Å². The van der Waals surface area contributed by atoms with Crippen molar-refractivity contribution in [2.24, 2.45) is 5.73 Å². The van der Waals surface area contributed by atoms with Gasteiger partial charge in [0, 0.05) is 23.9 Å². The molecule has 0 fully saturated rings. The first-order chi connectivity index (χ1) is 16.4. The van der Waals surface area contributed by atoms with Gasteiger partial charge in [-0.2, -0.15) is 5.26 Å². The van der Waals surface area contributed by atoms with Crippen molar-refractivity contribution >= 4 is 0 Å². The Morgan fingerprint density at radius 2 is 1.88 bits per heavy atom. The summed E-state index contributed by atoms with van der Waals surface area (Å²) in [5, 5.41) is 9.75. The predicted octanol–water partition coefficient (Wildman–Crippen LogP) is 3.77. The lowest BCUT2D eigenvalue weighted by molar-refractivity contribution is 0.354. The number of allylic oxidation sites excluding steroid dienone is 1. The number of halogens is 1. The van der Waals surface area contributed by atoms with Gasteiger partial charge in [0.15, 0.2) is 11.5 Å². The maximum atomic E-state index is 14.8. The summed E-state index contributed by atoms with van der Waals surface area (Å²) in [6, 6.07) is 15.3. The van der Waals surface area contributed by atoms with Crippen molar-refractivity contribution in [2.45, 2.75) is 25.8 Å². The third kappa shape index (κ3) is 3.97. The maximum Gasteiger partial charge on any atom is 0.258 e. The first kappa shape index (κ1) is 22.9. The largest absolute Gasteiger partial charge is 0.493 e. The average molecular weight is 461 g/mol. The first-order valence-corrected chi connectivity index (χ1v) is 10.7. The van der Waals surface area contributed by atoms with E-state index in [1.807, 2.05) is 24.3 Å². The van der Waals surface area contributed by atoms with Crippen LogP contribution < -0.4 is 25.5 Å². The van der Waals surface area contributed by atoms with Gasteiger partial charge in [0.05, 0.1) is 25.7 Å². The maximum absolute atomic E-state index is 14.8. The van der Waals surface area contributed by atoms with Crippen LogP contribution in [0.5, 0.6) is 17.2 Å². The third-order valence-electron chi connectivity index (χ3n) is 5.98. The summed E-state index contributed by atoms with van der Waals surface area (Å²) in [7, 11) is 3.13. The minimum Gasteiger partial charge on any atom is -0.493 e. The summed E-state index contributed by atoms with van der Waals surface area (Å²) >= 11 is 0. The Morgan fingerprint density at radius 3 is 2.56 bits per heavy atom.